The van der Waals surface area contributed by atoms with Gasteiger partial charge in [-0.3, -0.25) is 13.9 Å². The van der Waals surface area contributed by atoms with Crippen molar-refractivity contribution in [2.75, 3.05) is 24.0 Å². The molecule has 8 rings (SSSR count). The van der Waals surface area contributed by atoms with Crippen LogP contribution in [0, 0.1) is 0 Å². The number of para-hydroxylation sites is 1. The van der Waals surface area contributed by atoms with Crippen LogP contribution in [0.1, 0.15) is 61.6 Å². The number of hydrogen-bond acceptors (Lipinski definition) is 7. The van der Waals surface area contributed by atoms with Crippen molar-refractivity contribution in [1.82, 2.24) is 4.90 Å². The van der Waals surface area contributed by atoms with Crippen molar-refractivity contribution in [2.45, 2.75) is 44.6 Å². The Morgan fingerprint density at radius 2 is 1.28 bits per heavy atom. The molecule has 1 aliphatic rings. The Labute approximate surface area is 350 Å². The summed E-state index contributed by atoms with van der Waals surface area (Å²) in [6.07, 6.45) is 4.08. The number of aryl methyl sites for hydroxylation is 2. The highest BCUT2D eigenvalue weighted by molar-refractivity contribution is 7.92. The fourth-order valence-corrected chi connectivity index (χ4v) is 9.16. The van der Waals surface area contributed by atoms with E-state index in [4.69, 9.17) is 13.9 Å². The molecule has 0 radical (unpaired) electrons. The van der Waals surface area contributed by atoms with Crippen molar-refractivity contribution < 1.29 is 31.9 Å². The summed E-state index contributed by atoms with van der Waals surface area (Å²) in [4.78, 5) is 29.9. The molecular formula is C50H46N2O7S. The van der Waals surface area contributed by atoms with Crippen molar-refractivity contribution in [1.29, 1.82) is 0 Å². The van der Waals surface area contributed by atoms with Gasteiger partial charge < -0.3 is 18.8 Å². The van der Waals surface area contributed by atoms with Crippen LogP contribution >= 0.6 is 0 Å². The molecular weight excluding hydrogens is 773 g/mol. The Morgan fingerprint density at radius 1 is 0.633 bits per heavy atom. The molecule has 1 amide bonds. The summed E-state index contributed by atoms with van der Waals surface area (Å²) in [6.45, 7) is 0.0995. The smallest absolute Gasteiger partial charge is 0.254 e. The lowest BCUT2D eigenvalue weighted by atomic mass is 9.96. The minimum Gasteiger partial charge on any atom is -0.488 e. The standard InChI is InChI=1S/C50H46N2O7S/c53-45(34-51(50(54)40-22-11-4-12-23-40)30-31-57-48-27-15-25-43-42-24-13-14-26-46(42)59-49(43)48)41-28-29-47(58-35-38-18-7-2-8-19-38)44(32-41)52(33-37-16-5-1-6-17-37)60(55,56)36-39-20-9-3-10-21-39/h1-12,15-23,25,27-29,32H,13-14,24,26,30-31,33-36H2. The van der Waals surface area contributed by atoms with E-state index < -0.39 is 10.0 Å². The molecule has 0 saturated carbocycles. The predicted molar refractivity (Wildman–Crippen MR) is 234 cm³/mol. The van der Waals surface area contributed by atoms with Gasteiger partial charge in [-0.25, -0.2) is 8.42 Å². The van der Waals surface area contributed by atoms with Crippen molar-refractivity contribution in [2.24, 2.45) is 0 Å². The summed E-state index contributed by atoms with van der Waals surface area (Å²) in [6, 6.07) is 47.4. The van der Waals surface area contributed by atoms with E-state index in [9.17, 15) is 18.0 Å². The van der Waals surface area contributed by atoms with Gasteiger partial charge in [0.25, 0.3) is 5.91 Å². The van der Waals surface area contributed by atoms with Crippen molar-refractivity contribution in [3.63, 3.8) is 0 Å². The number of rotatable bonds is 17. The molecule has 6 aromatic carbocycles. The molecule has 10 heteroatoms. The zero-order valence-electron chi connectivity index (χ0n) is 33.2. The lowest BCUT2D eigenvalue weighted by Crippen LogP contribution is -2.38. The van der Waals surface area contributed by atoms with E-state index in [0.717, 1.165) is 48.0 Å². The second-order valence-corrected chi connectivity index (χ2v) is 16.8. The summed E-state index contributed by atoms with van der Waals surface area (Å²) in [5, 5.41) is 1.05. The first-order valence-corrected chi connectivity index (χ1v) is 21.9. The topological polar surface area (TPSA) is 106 Å². The summed E-state index contributed by atoms with van der Waals surface area (Å²) >= 11 is 0. The zero-order chi connectivity index (χ0) is 41.3. The molecule has 0 bridgehead atoms. The van der Waals surface area contributed by atoms with Crippen LogP contribution in [0.2, 0.25) is 0 Å². The van der Waals surface area contributed by atoms with Crippen LogP contribution in [-0.4, -0.2) is 44.7 Å². The SMILES string of the molecule is O=C(CN(CCOc1cccc2c3c(oc12)CCCC3)C(=O)c1ccccc1)c1ccc(OCc2ccccc2)c(N(Cc2ccccc2)S(=O)(=O)Cc2ccccc2)c1. The van der Waals surface area contributed by atoms with Crippen LogP contribution in [0.5, 0.6) is 11.5 Å². The second kappa shape index (κ2) is 18.5. The Hall–Kier alpha value is -6.65. The third kappa shape index (κ3) is 9.45. The molecule has 0 aliphatic heterocycles. The Bertz CT molecular complexity index is 2670. The lowest BCUT2D eigenvalue weighted by molar-refractivity contribution is 0.0686. The zero-order valence-corrected chi connectivity index (χ0v) is 34.1. The first-order chi connectivity index (χ1) is 29.3. The monoisotopic (exact) mass is 818 g/mol. The number of amides is 1. The van der Waals surface area contributed by atoms with E-state index in [1.165, 1.54) is 14.8 Å². The van der Waals surface area contributed by atoms with E-state index >= 15 is 0 Å². The second-order valence-electron chi connectivity index (χ2n) is 14.9. The first kappa shape index (κ1) is 40.1. The van der Waals surface area contributed by atoms with Gasteiger partial charge in [0, 0.05) is 28.5 Å². The number of nitrogens with zero attached hydrogens (tertiary/aromatic N) is 2. The highest BCUT2D eigenvalue weighted by Gasteiger charge is 2.29. The van der Waals surface area contributed by atoms with Crippen molar-refractivity contribution >= 4 is 38.4 Å². The number of anilines is 1. The van der Waals surface area contributed by atoms with Gasteiger partial charge in [-0.15, -0.1) is 0 Å². The minimum atomic E-state index is -4.05. The molecule has 0 unspecified atom stereocenters. The molecule has 0 saturated heterocycles. The quantitative estimate of drug-likeness (QED) is 0.0843. The average molecular weight is 819 g/mol. The molecule has 1 aromatic heterocycles. The molecule has 0 fully saturated rings. The molecule has 60 heavy (non-hydrogen) atoms. The molecule has 304 valence electrons. The molecule has 0 atom stereocenters. The summed E-state index contributed by atoms with van der Waals surface area (Å²) in [5.41, 5.74) is 5.07. The van der Waals surface area contributed by atoms with E-state index in [0.29, 0.717) is 28.2 Å². The summed E-state index contributed by atoms with van der Waals surface area (Å²) in [7, 11) is -4.05. The van der Waals surface area contributed by atoms with Gasteiger partial charge in [-0.1, -0.05) is 121 Å². The van der Waals surface area contributed by atoms with Crippen molar-refractivity contribution in [3.8, 4) is 11.5 Å². The number of carbonyl (C=O) groups excluding carboxylic acids is 2. The van der Waals surface area contributed by atoms with Crippen LogP contribution < -0.4 is 13.8 Å². The van der Waals surface area contributed by atoms with Gasteiger partial charge in [0.1, 0.15) is 24.7 Å². The molecule has 1 aliphatic carbocycles. The predicted octanol–water partition coefficient (Wildman–Crippen LogP) is 9.83. The third-order valence-electron chi connectivity index (χ3n) is 10.7. The molecule has 9 nitrogen and oxygen atoms in total. The lowest BCUT2D eigenvalue weighted by Gasteiger charge is -2.28. The van der Waals surface area contributed by atoms with E-state index in [-0.39, 0.29) is 61.5 Å². The fraction of sp³-hybridized carbons (Fsp3) is 0.200. The van der Waals surface area contributed by atoms with Gasteiger partial charge in [0.15, 0.2) is 17.1 Å². The maximum atomic E-state index is 14.5. The van der Waals surface area contributed by atoms with E-state index in [2.05, 4.69) is 6.07 Å². The molecule has 0 spiro atoms. The van der Waals surface area contributed by atoms with Gasteiger partial charge in [-0.05, 0) is 72.4 Å². The number of carbonyl (C=O) groups is 2. The largest absolute Gasteiger partial charge is 0.488 e. The first-order valence-electron chi connectivity index (χ1n) is 20.2. The Morgan fingerprint density at radius 3 is 2.00 bits per heavy atom. The fourth-order valence-electron chi connectivity index (χ4n) is 7.61. The van der Waals surface area contributed by atoms with E-state index in [1.807, 2.05) is 84.9 Å². The average Bonchev–Trinajstić information content (AvgIpc) is 3.68. The van der Waals surface area contributed by atoms with Crippen LogP contribution in [0.3, 0.4) is 0 Å². The molecule has 7 aromatic rings. The van der Waals surface area contributed by atoms with Crippen LogP contribution in [0.4, 0.5) is 5.69 Å². The minimum absolute atomic E-state index is 0.00326. The highest BCUT2D eigenvalue weighted by atomic mass is 32.2. The van der Waals surface area contributed by atoms with E-state index in [1.54, 1.807) is 66.7 Å². The van der Waals surface area contributed by atoms with Crippen LogP contribution in [-0.2, 0) is 41.8 Å². The number of Topliss-reactive ketones (excluding diaryl/α,β-unsaturated/α-hetero) is 1. The Kier molecular flexibility index (Phi) is 12.4. The van der Waals surface area contributed by atoms with Crippen LogP contribution in [0.25, 0.3) is 11.0 Å². The Balaban J connectivity index is 1.11. The maximum absolute atomic E-state index is 14.5. The summed E-state index contributed by atoms with van der Waals surface area (Å²) < 4.78 is 49.3. The number of benzene rings is 6. The van der Waals surface area contributed by atoms with Crippen molar-refractivity contribution in [3.05, 3.63) is 197 Å². The normalized spacial score (nSPS) is 12.4. The number of fused-ring (bicyclic) bond motifs is 3. The number of sulfonamides is 1. The van der Waals surface area contributed by atoms with Crippen LogP contribution in [0.15, 0.2) is 162 Å². The number of ketones is 1. The molecule has 0 N–H and O–H groups in total. The number of ether oxygens (including phenoxy) is 2. The van der Waals surface area contributed by atoms with Gasteiger partial charge in [0.2, 0.25) is 10.0 Å². The maximum Gasteiger partial charge on any atom is 0.254 e. The van der Waals surface area contributed by atoms with Gasteiger partial charge in [0.05, 0.1) is 31.1 Å². The van der Waals surface area contributed by atoms with Gasteiger partial charge in [-0.2, -0.15) is 0 Å². The third-order valence-corrected chi connectivity index (χ3v) is 12.4. The molecule has 1 heterocycles. The number of hydrogen-bond donors (Lipinski definition) is 0. The van der Waals surface area contributed by atoms with Gasteiger partial charge >= 0.3 is 0 Å². The highest BCUT2D eigenvalue weighted by Crippen LogP contribution is 2.37. The number of furan rings is 1. The summed E-state index contributed by atoms with van der Waals surface area (Å²) in [5.74, 6) is 0.901.